The molecule has 1 heterocycles. The van der Waals surface area contributed by atoms with E-state index in [0.717, 1.165) is 29.8 Å². The summed E-state index contributed by atoms with van der Waals surface area (Å²) in [4.78, 5) is 12.3. The molecule has 1 N–H and O–H groups in total. The molecule has 0 radical (unpaired) electrons. The molecule has 3 heteroatoms. The molecule has 1 aromatic rings. The summed E-state index contributed by atoms with van der Waals surface area (Å²) in [5.41, 5.74) is 1.78. The molecule has 0 aromatic heterocycles. The molecule has 0 spiro atoms. The van der Waals surface area contributed by atoms with Gasteiger partial charge in [0, 0.05) is 6.54 Å². The molecule has 1 aliphatic heterocycles. The molecule has 0 aliphatic carbocycles. The van der Waals surface area contributed by atoms with Crippen molar-refractivity contribution in [2.45, 2.75) is 26.7 Å². The van der Waals surface area contributed by atoms with Crippen LogP contribution in [-0.4, -0.2) is 25.5 Å². The van der Waals surface area contributed by atoms with Crippen molar-refractivity contribution in [3.63, 3.8) is 0 Å². The molecule has 0 saturated carbocycles. The van der Waals surface area contributed by atoms with Gasteiger partial charge in [0.15, 0.2) is 5.78 Å². The number of hydrogen-bond donors (Lipinski definition) is 1. The highest BCUT2D eigenvalue weighted by Crippen LogP contribution is 2.30. The second-order valence-electron chi connectivity index (χ2n) is 4.88. The third kappa shape index (κ3) is 2.72. The van der Waals surface area contributed by atoms with E-state index < -0.39 is 0 Å². The van der Waals surface area contributed by atoms with Crippen molar-refractivity contribution in [3.05, 3.63) is 29.3 Å². The first kappa shape index (κ1) is 13.1. The van der Waals surface area contributed by atoms with Gasteiger partial charge in [-0.15, -0.1) is 0 Å². The van der Waals surface area contributed by atoms with Crippen molar-refractivity contribution in [2.24, 2.45) is 5.92 Å². The number of benzene rings is 1. The first-order valence-corrected chi connectivity index (χ1v) is 6.71. The zero-order valence-corrected chi connectivity index (χ0v) is 11.2. The number of carbonyl (C=O) groups is 1. The van der Waals surface area contributed by atoms with Crippen LogP contribution < -0.4 is 10.1 Å². The van der Waals surface area contributed by atoms with Crippen molar-refractivity contribution in [1.82, 2.24) is 5.32 Å². The number of nitrogens with one attached hydrogen (secondary N) is 1. The Kier molecular flexibility index (Phi) is 4.37. The Bertz CT molecular complexity index is 429. The molecular weight excluding hydrogens is 226 g/mol. The summed E-state index contributed by atoms with van der Waals surface area (Å²) in [6.45, 7) is 6.32. The number of carbonyl (C=O) groups excluding carboxylic acids is 1. The van der Waals surface area contributed by atoms with Crippen LogP contribution in [-0.2, 0) is 0 Å². The number of Topliss-reactive ketones (excluding diaryl/α,β-unsaturated/α-hetero) is 1. The predicted molar refractivity (Wildman–Crippen MR) is 72.3 cm³/mol. The monoisotopic (exact) mass is 247 g/mol. The maximum Gasteiger partial charge on any atom is 0.174 e. The van der Waals surface area contributed by atoms with Crippen molar-refractivity contribution in [2.75, 3.05) is 19.7 Å². The first-order valence-electron chi connectivity index (χ1n) is 6.71. The van der Waals surface area contributed by atoms with Crippen LogP contribution in [0, 0.1) is 12.8 Å². The van der Waals surface area contributed by atoms with Crippen LogP contribution in [0.2, 0.25) is 0 Å². The Hall–Kier alpha value is -1.35. The van der Waals surface area contributed by atoms with E-state index in [2.05, 4.69) is 12.2 Å². The van der Waals surface area contributed by atoms with Crippen LogP contribution in [0.5, 0.6) is 5.75 Å². The molecule has 1 unspecified atom stereocenters. The summed E-state index contributed by atoms with van der Waals surface area (Å²) in [7, 11) is 0. The topological polar surface area (TPSA) is 38.3 Å². The molecule has 2 rings (SSSR count). The molecule has 1 atom stereocenters. The molecule has 0 fully saturated rings. The van der Waals surface area contributed by atoms with Gasteiger partial charge in [-0.2, -0.15) is 0 Å². The zero-order valence-electron chi connectivity index (χ0n) is 11.2. The van der Waals surface area contributed by atoms with Gasteiger partial charge in [-0.05, 0) is 31.5 Å². The highest BCUT2D eigenvalue weighted by molar-refractivity contribution is 6.01. The average Bonchev–Trinajstić information content (AvgIpc) is 2.38. The number of fused-ring (bicyclic) bond motifs is 1. The van der Waals surface area contributed by atoms with Gasteiger partial charge < -0.3 is 10.1 Å². The summed E-state index contributed by atoms with van der Waals surface area (Å²) < 4.78 is 5.73. The number of aryl methyl sites for hydroxylation is 1. The van der Waals surface area contributed by atoms with E-state index in [9.17, 15) is 4.79 Å². The van der Waals surface area contributed by atoms with Crippen LogP contribution in [0.25, 0.3) is 0 Å². The Morgan fingerprint density at radius 2 is 2.28 bits per heavy atom. The van der Waals surface area contributed by atoms with Crippen molar-refractivity contribution >= 4 is 5.78 Å². The lowest BCUT2D eigenvalue weighted by atomic mass is 9.93. The summed E-state index contributed by atoms with van der Waals surface area (Å²) in [5.74, 6) is 0.937. The SMILES string of the molecule is CCCCNCC1COc2c(C)cccc2C1=O. The van der Waals surface area contributed by atoms with E-state index in [4.69, 9.17) is 4.74 Å². The molecule has 0 saturated heterocycles. The summed E-state index contributed by atoms with van der Waals surface area (Å²) >= 11 is 0. The smallest absolute Gasteiger partial charge is 0.174 e. The second-order valence-corrected chi connectivity index (χ2v) is 4.88. The summed E-state index contributed by atoms with van der Waals surface area (Å²) in [6.07, 6.45) is 2.32. The highest BCUT2D eigenvalue weighted by atomic mass is 16.5. The van der Waals surface area contributed by atoms with E-state index >= 15 is 0 Å². The van der Waals surface area contributed by atoms with Gasteiger partial charge in [0.25, 0.3) is 0 Å². The van der Waals surface area contributed by atoms with Crippen LogP contribution in [0.15, 0.2) is 18.2 Å². The quantitative estimate of drug-likeness (QED) is 0.813. The largest absolute Gasteiger partial charge is 0.492 e. The van der Waals surface area contributed by atoms with Gasteiger partial charge in [-0.3, -0.25) is 4.79 Å². The molecule has 18 heavy (non-hydrogen) atoms. The molecule has 98 valence electrons. The third-order valence-corrected chi connectivity index (χ3v) is 3.37. The van der Waals surface area contributed by atoms with Gasteiger partial charge in [-0.25, -0.2) is 0 Å². The van der Waals surface area contributed by atoms with Crippen molar-refractivity contribution in [1.29, 1.82) is 0 Å². The Balaban J connectivity index is 2.00. The first-order chi connectivity index (χ1) is 8.74. The van der Waals surface area contributed by atoms with Gasteiger partial charge in [0.1, 0.15) is 5.75 Å². The number of para-hydroxylation sites is 1. The predicted octanol–water partition coefficient (Wildman–Crippen LogP) is 2.58. The van der Waals surface area contributed by atoms with Gasteiger partial charge in [0.05, 0.1) is 18.1 Å². The fourth-order valence-electron chi connectivity index (χ4n) is 2.25. The molecule has 1 aliphatic rings. The van der Waals surface area contributed by atoms with Crippen LogP contribution >= 0.6 is 0 Å². The fraction of sp³-hybridized carbons (Fsp3) is 0.533. The van der Waals surface area contributed by atoms with E-state index in [1.807, 2.05) is 25.1 Å². The third-order valence-electron chi connectivity index (χ3n) is 3.37. The van der Waals surface area contributed by atoms with Crippen LogP contribution in [0.3, 0.4) is 0 Å². The minimum absolute atomic E-state index is 0.0452. The minimum Gasteiger partial charge on any atom is -0.492 e. The Labute approximate surface area is 109 Å². The maximum absolute atomic E-state index is 12.3. The summed E-state index contributed by atoms with van der Waals surface area (Å²) in [5, 5.41) is 3.33. The second kappa shape index (κ2) is 6.01. The number of ether oxygens (including phenoxy) is 1. The van der Waals surface area contributed by atoms with Crippen molar-refractivity contribution in [3.8, 4) is 5.75 Å². The van der Waals surface area contributed by atoms with E-state index in [1.54, 1.807) is 0 Å². The number of unbranched alkanes of at least 4 members (excludes halogenated alkanes) is 1. The van der Waals surface area contributed by atoms with Gasteiger partial charge in [-0.1, -0.05) is 25.5 Å². The van der Waals surface area contributed by atoms with Crippen molar-refractivity contribution < 1.29 is 9.53 Å². The zero-order chi connectivity index (χ0) is 13.0. The lowest BCUT2D eigenvalue weighted by Crippen LogP contribution is -2.36. The van der Waals surface area contributed by atoms with E-state index in [0.29, 0.717) is 13.2 Å². The molecule has 3 nitrogen and oxygen atoms in total. The lowest BCUT2D eigenvalue weighted by molar-refractivity contribution is 0.0829. The number of rotatable bonds is 5. The summed E-state index contributed by atoms with van der Waals surface area (Å²) in [6, 6.07) is 5.76. The van der Waals surface area contributed by atoms with E-state index in [1.165, 1.54) is 6.42 Å². The lowest BCUT2D eigenvalue weighted by Gasteiger charge is -2.25. The fourth-order valence-corrected chi connectivity index (χ4v) is 2.25. The average molecular weight is 247 g/mol. The molecule has 0 amide bonds. The van der Waals surface area contributed by atoms with Crippen LogP contribution in [0.4, 0.5) is 0 Å². The maximum atomic E-state index is 12.3. The Morgan fingerprint density at radius 1 is 1.44 bits per heavy atom. The molecule has 1 aromatic carbocycles. The normalized spacial score (nSPS) is 18.3. The number of ketones is 1. The van der Waals surface area contributed by atoms with Gasteiger partial charge >= 0.3 is 0 Å². The minimum atomic E-state index is -0.0452. The highest BCUT2D eigenvalue weighted by Gasteiger charge is 2.28. The standard InChI is InChI=1S/C15H21NO2/c1-3-4-8-16-9-12-10-18-15-11(2)6-5-7-13(15)14(12)17/h5-7,12,16H,3-4,8-10H2,1-2H3. The number of hydrogen-bond acceptors (Lipinski definition) is 3. The molecule has 0 bridgehead atoms. The van der Waals surface area contributed by atoms with Crippen LogP contribution in [0.1, 0.15) is 35.7 Å². The van der Waals surface area contributed by atoms with Gasteiger partial charge in [0.2, 0.25) is 0 Å². The Morgan fingerprint density at radius 3 is 3.06 bits per heavy atom. The van der Waals surface area contributed by atoms with E-state index in [-0.39, 0.29) is 11.7 Å². The molecular formula is C15H21NO2.